The molecule has 0 saturated heterocycles. The number of oxazole rings is 1. The molecule has 0 aliphatic heterocycles. The molecule has 0 amide bonds. The predicted molar refractivity (Wildman–Crippen MR) is 118 cm³/mol. The Balaban J connectivity index is 1.71. The van der Waals surface area contributed by atoms with Crippen LogP contribution in [-0.4, -0.2) is 18.5 Å². The van der Waals surface area contributed by atoms with Gasteiger partial charge in [-0.05, 0) is 30.7 Å². The maximum absolute atomic E-state index is 13.2. The number of unbranched alkanes of at least 4 members (excludes halogenated alkanes) is 5. The highest BCUT2D eigenvalue weighted by atomic mass is 35.5. The molecule has 0 aliphatic rings. The first-order valence-corrected chi connectivity index (χ1v) is 10.8. The van der Waals surface area contributed by atoms with Crippen LogP contribution in [0.3, 0.4) is 0 Å². The van der Waals surface area contributed by atoms with E-state index in [0.717, 1.165) is 24.8 Å². The summed E-state index contributed by atoms with van der Waals surface area (Å²) in [5, 5.41) is 0.633. The van der Waals surface area contributed by atoms with Crippen molar-refractivity contribution in [1.29, 1.82) is 0 Å². The number of halogens is 1. The van der Waals surface area contributed by atoms with E-state index in [9.17, 15) is 9.59 Å². The highest BCUT2D eigenvalue weighted by molar-refractivity contribution is 6.30. The fourth-order valence-electron chi connectivity index (χ4n) is 3.75. The predicted octanol–water partition coefficient (Wildman–Crippen LogP) is 4.62. The molecular weight excluding hydrogens is 404 g/mol. The van der Waals surface area contributed by atoms with E-state index < -0.39 is 0 Å². The molecule has 1 aromatic carbocycles. The van der Waals surface area contributed by atoms with Gasteiger partial charge in [0.15, 0.2) is 16.9 Å². The van der Waals surface area contributed by atoms with Crippen LogP contribution in [0.2, 0.25) is 5.02 Å². The average molecular weight is 429 g/mol. The summed E-state index contributed by atoms with van der Waals surface area (Å²) in [5.74, 6) is 0.853. The molecule has 0 radical (unpaired) electrons. The largest absolute Gasteiger partial charge is 0.423 e. The SMILES string of the molecule is CCCCCCCCn1c(=O)c2c(nc3oc(-c4ccc(Cl)cc4)cn32)n(C)c1=O. The minimum atomic E-state index is -0.347. The summed E-state index contributed by atoms with van der Waals surface area (Å²) in [6.07, 6.45) is 8.25. The Morgan fingerprint density at radius 1 is 1.03 bits per heavy atom. The number of aromatic nitrogens is 4. The van der Waals surface area contributed by atoms with E-state index in [-0.39, 0.29) is 17.1 Å². The minimum absolute atomic E-state index is 0.277. The third kappa shape index (κ3) is 3.69. The number of imidazole rings is 1. The molecule has 7 nitrogen and oxygen atoms in total. The molecule has 0 spiro atoms. The molecule has 0 atom stereocenters. The van der Waals surface area contributed by atoms with Crippen molar-refractivity contribution in [2.75, 3.05) is 0 Å². The van der Waals surface area contributed by atoms with Gasteiger partial charge in [0.05, 0.1) is 6.20 Å². The standard InChI is InChI=1S/C22H25ClN4O3/c1-3-4-5-6-7-8-13-26-20(28)18-19(25(2)22(26)29)24-21-27(18)14-17(30-21)15-9-11-16(23)12-10-15/h9-12,14H,3-8,13H2,1-2H3. The van der Waals surface area contributed by atoms with E-state index in [2.05, 4.69) is 11.9 Å². The van der Waals surface area contributed by atoms with Crippen LogP contribution < -0.4 is 11.2 Å². The molecule has 4 rings (SSSR count). The van der Waals surface area contributed by atoms with E-state index >= 15 is 0 Å². The van der Waals surface area contributed by atoms with Gasteiger partial charge in [0.2, 0.25) is 0 Å². The monoisotopic (exact) mass is 428 g/mol. The van der Waals surface area contributed by atoms with Gasteiger partial charge in [-0.3, -0.25) is 18.3 Å². The van der Waals surface area contributed by atoms with Gasteiger partial charge in [-0.2, -0.15) is 4.98 Å². The Labute approximate surface area is 178 Å². The molecule has 3 aromatic heterocycles. The second kappa shape index (κ2) is 8.52. The van der Waals surface area contributed by atoms with Crippen LogP contribution in [0.15, 0.2) is 44.5 Å². The van der Waals surface area contributed by atoms with Gasteiger partial charge in [0.1, 0.15) is 0 Å². The van der Waals surface area contributed by atoms with Crippen LogP contribution in [0.1, 0.15) is 45.4 Å². The Hall–Kier alpha value is -2.80. The van der Waals surface area contributed by atoms with Gasteiger partial charge in [0.25, 0.3) is 5.56 Å². The second-order valence-electron chi connectivity index (χ2n) is 7.61. The third-order valence-electron chi connectivity index (χ3n) is 5.46. The highest BCUT2D eigenvalue weighted by Crippen LogP contribution is 2.25. The normalized spacial score (nSPS) is 11.7. The van der Waals surface area contributed by atoms with E-state index in [0.29, 0.717) is 28.5 Å². The molecule has 158 valence electrons. The van der Waals surface area contributed by atoms with Crippen LogP contribution in [0.25, 0.3) is 28.3 Å². The second-order valence-corrected chi connectivity index (χ2v) is 8.04. The zero-order chi connectivity index (χ0) is 21.3. The number of nitrogens with zero attached hydrogens (tertiary/aromatic N) is 4. The smallest absolute Gasteiger partial charge is 0.332 e. The molecule has 0 saturated carbocycles. The van der Waals surface area contributed by atoms with Crippen molar-refractivity contribution < 1.29 is 4.42 Å². The molecule has 4 aromatic rings. The quantitative estimate of drug-likeness (QED) is 0.384. The molecular formula is C22H25ClN4O3. The van der Waals surface area contributed by atoms with Gasteiger partial charge in [-0.1, -0.05) is 50.6 Å². The molecule has 8 heteroatoms. The maximum atomic E-state index is 13.2. The number of rotatable bonds is 8. The van der Waals surface area contributed by atoms with Gasteiger partial charge in [0, 0.05) is 24.2 Å². The minimum Gasteiger partial charge on any atom is -0.423 e. The summed E-state index contributed by atoms with van der Waals surface area (Å²) in [5.41, 5.74) is 0.820. The summed E-state index contributed by atoms with van der Waals surface area (Å²) in [4.78, 5) is 30.3. The Morgan fingerprint density at radius 2 is 1.73 bits per heavy atom. The van der Waals surface area contributed by atoms with Crippen molar-refractivity contribution in [1.82, 2.24) is 18.5 Å². The average Bonchev–Trinajstić information content (AvgIpc) is 3.30. The van der Waals surface area contributed by atoms with Crippen molar-refractivity contribution in [3.63, 3.8) is 0 Å². The molecule has 0 bridgehead atoms. The van der Waals surface area contributed by atoms with E-state index in [4.69, 9.17) is 16.0 Å². The molecule has 0 fully saturated rings. The highest BCUT2D eigenvalue weighted by Gasteiger charge is 2.20. The summed E-state index contributed by atoms with van der Waals surface area (Å²) < 4.78 is 10.2. The van der Waals surface area contributed by atoms with Crippen molar-refractivity contribution in [2.45, 2.75) is 52.0 Å². The number of benzene rings is 1. The lowest BCUT2D eigenvalue weighted by Gasteiger charge is -2.08. The summed E-state index contributed by atoms with van der Waals surface area (Å²) >= 11 is 5.96. The maximum Gasteiger partial charge on any atom is 0.332 e. The Kier molecular flexibility index (Phi) is 5.81. The number of aryl methyl sites for hydroxylation is 1. The molecule has 30 heavy (non-hydrogen) atoms. The van der Waals surface area contributed by atoms with Crippen molar-refractivity contribution in [3.05, 3.63) is 56.3 Å². The van der Waals surface area contributed by atoms with Gasteiger partial charge >= 0.3 is 11.5 Å². The van der Waals surface area contributed by atoms with Crippen LogP contribution in [0, 0.1) is 0 Å². The first-order valence-electron chi connectivity index (χ1n) is 10.4. The van der Waals surface area contributed by atoms with E-state index in [1.807, 2.05) is 12.1 Å². The Bertz CT molecular complexity index is 1290. The fourth-order valence-corrected chi connectivity index (χ4v) is 3.87. The van der Waals surface area contributed by atoms with Crippen molar-refractivity contribution in [2.24, 2.45) is 7.05 Å². The van der Waals surface area contributed by atoms with Gasteiger partial charge in [-0.25, -0.2) is 4.79 Å². The van der Waals surface area contributed by atoms with E-state index in [1.54, 1.807) is 29.8 Å². The summed E-state index contributed by atoms with van der Waals surface area (Å²) in [6, 6.07) is 7.24. The number of fused-ring (bicyclic) bond motifs is 3. The summed E-state index contributed by atoms with van der Waals surface area (Å²) in [6.45, 7) is 2.59. The van der Waals surface area contributed by atoms with Crippen LogP contribution in [0.5, 0.6) is 0 Å². The van der Waals surface area contributed by atoms with Crippen molar-refractivity contribution in [3.8, 4) is 11.3 Å². The lowest BCUT2D eigenvalue weighted by Crippen LogP contribution is -2.39. The molecule has 3 heterocycles. The van der Waals surface area contributed by atoms with Crippen LogP contribution in [0.4, 0.5) is 0 Å². The third-order valence-corrected chi connectivity index (χ3v) is 5.71. The number of hydrogen-bond acceptors (Lipinski definition) is 4. The zero-order valence-corrected chi connectivity index (χ0v) is 18.0. The van der Waals surface area contributed by atoms with E-state index in [1.165, 1.54) is 28.4 Å². The fraction of sp³-hybridized carbons (Fsp3) is 0.409. The lowest BCUT2D eigenvalue weighted by atomic mass is 10.1. The number of hydrogen-bond donors (Lipinski definition) is 0. The summed E-state index contributed by atoms with van der Waals surface area (Å²) in [7, 11) is 1.63. The topological polar surface area (TPSA) is 74.4 Å². The molecule has 0 N–H and O–H groups in total. The van der Waals surface area contributed by atoms with Gasteiger partial charge < -0.3 is 4.42 Å². The van der Waals surface area contributed by atoms with Gasteiger partial charge in [-0.15, -0.1) is 0 Å². The van der Waals surface area contributed by atoms with Crippen molar-refractivity contribution >= 4 is 28.6 Å². The zero-order valence-electron chi connectivity index (χ0n) is 17.2. The molecule has 0 unspecified atom stereocenters. The first kappa shape index (κ1) is 20.5. The Morgan fingerprint density at radius 3 is 2.47 bits per heavy atom. The van der Waals surface area contributed by atoms with Crippen LogP contribution >= 0.6 is 11.6 Å². The molecule has 0 aliphatic carbocycles. The lowest BCUT2D eigenvalue weighted by molar-refractivity contribution is 0.526. The first-order chi connectivity index (χ1) is 14.5. The van der Waals surface area contributed by atoms with Crippen LogP contribution in [-0.2, 0) is 13.6 Å².